The van der Waals surface area contributed by atoms with Gasteiger partial charge in [-0.1, -0.05) is 35.9 Å². The number of para-hydroxylation sites is 2. The molecule has 0 radical (unpaired) electrons. The molecule has 0 aliphatic carbocycles. The standard InChI is InChI=1S/C25H29ClN4O4/c1-3-34-21-10-5-4-9-20(21)30-13-11-29(12-14-30)16-19-22(24(31)33-2)23(28-25(32)27-19)17-7-6-8-18(26)15-17/h4-10,15,23H,3,11-14,16H2,1-2H3,(H2,27,28,32)/t23-/m0/s1. The zero-order valence-electron chi connectivity index (χ0n) is 19.3. The Balaban J connectivity index is 1.53. The van der Waals surface area contributed by atoms with Crippen LogP contribution in [-0.4, -0.2) is 63.3 Å². The van der Waals surface area contributed by atoms with Crippen LogP contribution in [-0.2, 0) is 9.53 Å². The number of amides is 2. The van der Waals surface area contributed by atoms with Gasteiger partial charge in [0, 0.05) is 43.4 Å². The van der Waals surface area contributed by atoms with E-state index in [1.807, 2.05) is 31.2 Å². The van der Waals surface area contributed by atoms with Gasteiger partial charge in [-0.3, -0.25) is 4.90 Å². The molecule has 9 heteroatoms. The van der Waals surface area contributed by atoms with E-state index in [0.29, 0.717) is 29.4 Å². The maximum absolute atomic E-state index is 12.8. The summed E-state index contributed by atoms with van der Waals surface area (Å²) in [5.74, 6) is 0.390. The van der Waals surface area contributed by atoms with Crippen molar-refractivity contribution in [2.45, 2.75) is 13.0 Å². The van der Waals surface area contributed by atoms with Crippen molar-refractivity contribution in [1.29, 1.82) is 0 Å². The summed E-state index contributed by atoms with van der Waals surface area (Å²) in [7, 11) is 1.34. The van der Waals surface area contributed by atoms with E-state index >= 15 is 0 Å². The minimum absolute atomic E-state index is 0.364. The van der Waals surface area contributed by atoms with Crippen molar-refractivity contribution >= 4 is 29.3 Å². The Hall–Kier alpha value is -3.23. The van der Waals surface area contributed by atoms with E-state index in [-0.39, 0.29) is 6.03 Å². The third-order valence-electron chi connectivity index (χ3n) is 6.00. The predicted octanol–water partition coefficient (Wildman–Crippen LogP) is 3.34. The maximum Gasteiger partial charge on any atom is 0.338 e. The minimum atomic E-state index is -0.644. The largest absolute Gasteiger partial charge is 0.492 e. The van der Waals surface area contributed by atoms with E-state index in [2.05, 4.69) is 26.5 Å². The summed E-state index contributed by atoms with van der Waals surface area (Å²) in [6.07, 6.45) is 0. The second kappa shape index (κ2) is 10.8. The molecule has 1 fully saturated rings. The fraction of sp³-hybridized carbons (Fsp3) is 0.360. The molecule has 2 N–H and O–H groups in total. The lowest BCUT2D eigenvalue weighted by atomic mass is 9.95. The van der Waals surface area contributed by atoms with Crippen molar-refractivity contribution in [3.05, 3.63) is 70.4 Å². The Bertz CT molecular complexity index is 1080. The number of nitrogens with zero attached hydrogens (tertiary/aromatic N) is 2. The molecular weight excluding hydrogens is 456 g/mol. The number of carbonyl (C=O) groups excluding carboxylic acids is 2. The number of esters is 1. The van der Waals surface area contributed by atoms with Crippen molar-refractivity contribution in [3.63, 3.8) is 0 Å². The normalized spacial score (nSPS) is 18.9. The van der Waals surface area contributed by atoms with E-state index < -0.39 is 12.0 Å². The lowest BCUT2D eigenvalue weighted by molar-refractivity contribution is -0.136. The van der Waals surface area contributed by atoms with Gasteiger partial charge in [0.1, 0.15) is 5.75 Å². The third-order valence-corrected chi connectivity index (χ3v) is 6.24. The highest BCUT2D eigenvalue weighted by Gasteiger charge is 2.34. The first-order valence-corrected chi connectivity index (χ1v) is 11.7. The second-order valence-electron chi connectivity index (χ2n) is 8.13. The number of hydrogen-bond donors (Lipinski definition) is 2. The molecule has 1 saturated heterocycles. The number of nitrogens with one attached hydrogen (secondary N) is 2. The molecule has 2 aliphatic rings. The zero-order chi connectivity index (χ0) is 24.1. The van der Waals surface area contributed by atoms with E-state index in [4.69, 9.17) is 21.1 Å². The number of methoxy groups -OCH3 is 1. The Kier molecular flexibility index (Phi) is 7.59. The van der Waals surface area contributed by atoms with E-state index in [9.17, 15) is 9.59 Å². The molecule has 2 aromatic carbocycles. The molecule has 2 aromatic rings. The van der Waals surface area contributed by atoms with E-state index in [1.54, 1.807) is 18.2 Å². The Morgan fingerprint density at radius 2 is 1.88 bits per heavy atom. The Labute approximate surface area is 204 Å². The molecule has 0 saturated carbocycles. The number of hydrogen-bond acceptors (Lipinski definition) is 6. The quantitative estimate of drug-likeness (QED) is 0.586. The van der Waals surface area contributed by atoms with Crippen molar-refractivity contribution in [3.8, 4) is 5.75 Å². The molecule has 180 valence electrons. The first-order valence-electron chi connectivity index (χ1n) is 11.3. The number of halogens is 1. The summed E-state index contributed by atoms with van der Waals surface area (Å²) in [6.45, 7) is 6.15. The number of urea groups is 1. The molecule has 4 rings (SSSR count). The summed E-state index contributed by atoms with van der Waals surface area (Å²) in [5, 5.41) is 6.19. The molecule has 34 heavy (non-hydrogen) atoms. The summed E-state index contributed by atoms with van der Waals surface area (Å²) in [6, 6.07) is 14.1. The van der Waals surface area contributed by atoms with Crippen molar-refractivity contribution in [2.24, 2.45) is 0 Å². The first kappa shape index (κ1) is 23.9. The fourth-order valence-corrected chi connectivity index (χ4v) is 4.60. The van der Waals surface area contributed by atoms with Crippen LogP contribution in [0.5, 0.6) is 5.75 Å². The molecule has 2 heterocycles. The topological polar surface area (TPSA) is 83.1 Å². The van der Waals surface area contributed by atoms with Crippen LogP contribution in [0.4, 0.5) is 10.5 Å². The molecule has 8 nitrogen and oxygen atoms in total. The molecule has 2 amide bonds. The van der Waals surface area contributed by atoms with Crippen LogP contribution in [0.3, 0.4) is 0 Å². The van der Waals surface area contributed by atoms with Crippen molar-refractivity contribution in [1.82, 2.24) is 15.5 Å². The Morgan fingerprint density at radius 1 is 1.12 bits per heavy atom. The van der Waals surface area contributed by atoms with Gasteiger partial charge in [-0.15, -0.1) is 0 Å². The fourth-order valence-electron chi connectivity index (χ4n) is 4.40. The molecule has 0 bridgehead atoms. The summed E-state index contributed by atoms with van der Waals surface area (Å²) in [5.41, 5.74) is 2.73. The van der Waals surface area contributed by atoms with Crippen LogP contribution < -0.4 is 20.3 Å². The first-order chi connectivity index (χ1) is 16.5. The highest BCUT2D eigenvalue weighted by Crippen LogP contribution is 2.31. The van der Waals surface area contributed by atoms with Crippen molar-refractivity contribution < 1.29 is 19.1 Å². The van der Waals surface area contributed by atoms with Crippen LogP contribution in [0.2, 0.25) is 5.02 Å². The highest BCUT2D eigenvalue weighted by molar-refractivity contribution is 6.30. The SMILES string of the molecule is CCOc1ccccc1N1CCN(CC2=C(C(=O)OC)[C@H](c3cccc(Cl)c3)NC(=O)N2)CC1. The third kappa shape index (κ3) is 5.29. The summed E-state index contributed by atoms with van der Waals surface area (Å²) < 4.78 is 10.9. The lowest BCUT2D eigenvalue weighted by Gasteiger charge is -2.38. The molecule has 2 aliphatic heterocycles. The molecule has 1 atom stereocenters. The average molecular weight is 485 g/mol. The van der Waals surface area contributed by atoms with Crippen molar-refractivity contribution in [2.75, 3.05) is 51.3 Å². The second-order valence-corrected chi connectivity index (χ2v) is 8.57. The van der Waals surface area contributed by atoms with Gasteiger partial charge >= 0.3 is 12.0 Å². The number of ether oxygens (including phenoxy) is 2. The summed E-state index contributed by atoms with van der Waals surface area (Å²) >= 11 is 6.17. The molecule has 0 unspecified atom stereocenters. The van der Waals surface area contributed by atoms with Crippen LogP contribution >= 0.6 is 11.6 Å². The minimum Gasteiger partial charge on any atom is -0.492 e. The van der Waals surface area contributed by atoms with Crippen LogP contribution in [0.15, 0.2) is 59.8 Å². The number of carbonyl (C=O) groups is 2. The Morgan fingerprint density at radius 3 is 2.59 bits per heavy atom. The van der Waals surface area contributed by atoms with Gasteiger partial charge in [0.15, 0.2) is 0 Å². The van der Waals surface area contributed by atoms with Gasteiger partial charge in [0.25, 0.3) is 0 Å². The number of anilines is 1. The zero-order valence-corrected chi connectivity index (χ0v) is 20.1. The molecule has 0 spiro atoms. The number of benzene rings is 2. The van der Waals surface area contributed by atoms with Gasteiger partial charge in [-0.2, -0.15) is 0 Å². The van der Waals surface area contributed by atoms with Crippen LogP contribution in [0.1, 0.15) is 18.5 Å². The van der Waals surface area contributed by atoms with E-state index in [0.717, 1.165) is 43.2 Å². The van der Waals surface area contributed by atoms with Crippen LogP contribution in [0, 0.1) is 0 Å². The molecular formula is C25H29ClN4O4. The average Bonchev–Trinajstić information content (AvgIpc) is 2.84. The van der Waals surface area contributed by atoms with Gasteiger partial charge in [0.05, 0.1) is 31.0 Å². The van der Waals surface area contributed by atoms with E-state index in [1.165, 1.54) is 7.11 Å². The smallest absolute Gasteiger partial charge is 0.338 e. The number of rotatable bonds is 7. The van der Waals surface area contributed by atoms with Crippen LogP contribution in [0.25, 0.3) is 0 Å². The number of piperazine rings is 1. The monoisotopic (exact) mass is 484 g/mol. The van der Waals surface area contributed by atoms with Gasteiger partial charge < -0.3 is 25.0 Å². The predicted molar refractivity (Wildman–Crippen MR) is 131 cm³/mol. The van der Waals surface area contributed by atoms with Gasteiger partial charge in [-0.05, 0) is 36.8 Å². The summed E-state index contributed by atoms with van der Waals surface area (Å²) in [4.78, 5) is 29.8. The maximum atomic E-state index is 12.8. The van der Waals surface area contributed by atoms with Gasteiger partial charge in [0.2, 0.25) is 0 Å². The highest BCUT2D eigenvalue weighted by atomic mass is 35.5. The molecule has 0 aromatic heterocycles. The lowest BCUT2D eigenvalue weighted by Crippen LogP contribution is -2.51. The van der Waals surface area contributed by atoms with Gasteiger partial charge in [-0.25, -0.2) is 9.59 Å².